The number of thiocarbonyl (C=S) groups is 1. The zero-order valence-corrected chi connectivity index (χ0v) is 6.84. The van der Waals surface area contributed by atoms with Crippen LogP contribution in [0.3, 0.4) is 0 Å². The van der Waals surface area contributed by atoms with E-state index in [9.17, 15) is 0 Å². The normalized spacial score (nSPS) is 10.3. The summed E-state index contributed by atoms with van der Waals surface area (Å²) in [5.74, 6) is 0. The molecule has 1 heterocycles. The Kier molecular flexibility index (Phi) is 1.51. The Labute approximate surface area is 73.3 Å². The molecule has 2 aromatic rings. The number of hydrogen-bond acceptors (Lipinski definition) is 4. The fraction of sp³-hybridized carbons (Fsp3) is 0. The first kappa shape index (κ1) is 7.17. The van der Waals surface area contributed by atoms with Crippen molar-refractivity contribution in [3.63, 3.8) is 0 Å². The number of benzene rings is 1. The average molecular weight is 179 g/mol. The Balaban J connectivity index is 2.68. The first-order chi connectivity index (χ1) is 5.77. The molecule has 0 aliphatic carbocycles. The minimum absolute atomic E-state index is 0.347. The molecule has 1 aromatic heterocycles. The van der Waals surface area contributed by atoms with Crippen molar-refractivity contribution in [3.8, 4) is 0 Å². The van der Waals surface area contributed by atoms with Gasteiger partial charge in [0.2, 0.25) is 0 Å². The lowest BCUT2D eigenvalue weighted by Crippen LogP contribution is -2.08. The second-order valence-corrected chi connectivity index (χ2v) is 2.77. The lowest BCUT2D eigenvalue weighted by atomic mass is 10.2. The smallest absolute Gasteiger partial charge is 0.135 e. The van der Waals surface area contributed by atoms with E-state index < -0.39 is 0 Å². The second kappa shape index (κ2) is 2.53. The van der Waals surface area contributed by atoms with E-state index in [2.05, 4.69) is 14.9 Å². The van der Waals surface area contributed by atoms with Crippen LogP contribution in [0.1, 0.15) is 5.56 Å². The Morgan fingerprint density at radius 2 is 2.08 bits per heavy atom. The van der Waals surface area contributed by atoms with E-state index >= 15 is 0 Å². The molecule has 5 heteroatoms. The maximum atomic E-state index is 5.43. The predicted molar refractivity (Wildman–Crippen MR) is 47.7 cm³/mol. The summed E-state index contributed by atoms with van der Waals surface area (Å²) in [7, 11) is 0. The number of aromatic nitrogens is 2. The molecule has 0 amide bonds. The van der Waals surface area contributed by atoms with Crippen LogP contribution in [0, 0.1) is 0 Å². The van der Waals surface area contributed by atoms with Crippen LogP contribution in [0.4, 0.5) is 0 Å². The summed E-state index contributed by atoms with van der Waals surface area (Å²) < 4.78 is 4.52. The molecule has 0 fully saturated rings. The van der Waals surface area contributed by atoms with E-state index in [-0.39, 0.29) is 0 Å². The maximum absolute atomic E-state index is 5.43. The van der Waals surface area contributed by atoms with Gasteiger partial charge in [0.15, 0.2) is 0 Å². The highest BCUT2D eigenvalue weighted by atomic mass is 32.1. The van der Waals surface area contributed by atoms with Gasteiger partial charge in [-0.2, -0.15) is 0 Å². The van der Waals surface area contributed by atoms with Crippen molar-refractivity contribution in [2.75, 3.05) is 0 Å². The van der Waals surface area contributed by atoms with E-state index in [1.54, 1.807) is 18.2 Å². The first-order valence-corrected chi connectivity index (χ1v) is 3.70. The standard InChI is InChI=1S/C7H5N3OS/c8-7(12)4-1-2-5-6(3-4)10-11-9-5/h1-3H,(H2,8,12). The molecule has 12 heavy (non-hydrogen) atoms. The topological polar surface area (TPSA) is 64.9 Å². The molecule has 0 saturated heterocycles. The molecule has 4 nitrogen and oxygen atoms in total. The molecule has 0 aliphatic rings. The minimum atomic E-state index is 0.347. The Morgan fingerprint density at radius 1 is 1.33 bits per heavy atom. The third-order valence-electron chi connectivity index (χ3n) is 1.54. The van der Waals surface area contributed by atoms with Gasteiger partial charge in [0.1, 0.15) is 16.0 Å². The predicted octanol–water partition coefficient (Wildman–Crippen LogP) is 0.857. The largest absolute Gasteiger partial charge is 0.389 e. The monoisotopic (exact) mass is 179 g/mol. The van der Waals surface area contributed by atoms with Crippen LogP contribution in [0.15, 0.2) is 22.8 Å². The van der Waals surface area contributed by atoms with Gasteiger partial charge in [0.25, 0.3) is 0 Å². The van der Waals surface area contributed by atoms with E-state index in [0.717, 1.165) is 5.56 Å². The molecule has 60 valence electrons. The number of nitrogens with two attached hydrogens (primary N) is 1. The van der Waals surface area contributed by atoms with Crippen molar-refractivity contribution in [1.82, 2.24) is 10.3 Å². The summed E-state index contributed by atoms with van der Waals surface area (Å²) >= 11 is 4.80. The van der Waals surface area contributed by atoms with Crippen LogP contribution in [-0.2, 0) is 0 Å². The molecule has 0 unspecified atom stereocenters. The summed E-state index contributed by atoms with van der Waals surface area (Å²) in [6.07, 6.45) is 0. The van der Waals surface area contributed by atoms with Crippen molar-refractivity contribution >= 4 is 28.2 Å². The summed E-state index contributed by atoms with van der Waals surface area (Å²) in [4.78, 5) is 0.347. The number of hydrogen-bond donors (Lipinski definition) is 1. The summed E-state index contributed by atoms with van der Waals surface area (Å²) in [6.45, 7) is 0. The summed E-state index contributed by atoms with van der Waals surface area (Å²) in [6, 6.07) is 5.30. The van der Waals surface area contributed by atoms with Crippen LogP contribution in [-0.4, -0.2) is 15.3 Å². The molecule has 1 aromatic carbocycles. The SMILES string of the molecule is NC(=S)c1ccc2nonc2c1. The second-order valence-electron chi connectivity index (χ2n) is 2.33. The molecular formula is C7H5N3OS. The zero-order valence-electron chi connectivity index (χ0n) is 6.02. The fourth-order valence-corrected chi connectivity index (χ4v) is 1.06. The van der Waals surface area contributed by atoms with E-state index in [0.29, 0.717) is 16.0 Å². The lowest BCUT2D eigenvalue weighted by molar-refractivity contribution is 0.315. The maximum Gasteiger partial charge on any atom is 0.135 e. The van der Waals surface area contributed by atoms with Crippen molar-refractivity contribution in [3.05, 3.63) is 23.8 Å². The Morgan fingerprint density at radius 3 is 2.83 bits per heavy atom. The van der Waals surface area contributed by atoms with E-state index in [1.165, 1.54) is 0 Å². The third kappa shape index (κ3) is 1.04. The van der Waals surface area contributed by atoms with Crippen LogP contribution in [0.25, 0.3) is 11.0 Å². The van der Waals surface area contributed by atoms with Gasteiger partial charge in [0.05, 0.1) is 0 Å². The Bertz CT molecular complexity index is 437. The number of fused-ring (bicyclic) bond motifs is 1. The zero-order chi connectivity index (χ0) is 8.55. The van der Waals surface area contributed by atoms with Crippen LogP contribution in [0.5, 0.6) is 0 Å². The summed E-state index contributed by atoms with van der Waals surface area (Å²) in [5, 5.41) is 7.31. The van der Waals surface area contributed by atoms with Gasteiger partial charge in [0, 0.05) is 5.56 Å². The van der Waals surface area contributed by atoms with Crippen molar-refractivity contribution in [1.29, 1.82) is 0 Å². The van der Waals surface area contributed by atoms with Crippen LogP contribution < -0.4 is 5.73 Å². The van der Waals surface area contributed by atoms with Gasteiger partial charge >= 0.3 is 0 Å². The molecular weight excluding hydrogens is 174 g/mol. The van der Waals surface area contributed by atoms with Gasteiger partial charge in [-0.05, 0) is 28.5 Å². The molecule has 0 radical (unpaired) electrons. The van der Waals surface area contributed by atoms with Crippen LogP contribution >= 0.6 is 12.2 Å². The quantitative estimate of drug-likeness (QED) is 0.657. The molecule has 2 rings (SSSR count). The highest BCUT2D eigenvalue weighted by Crippen LogP contribution is 2.10. The average Bonchev–Trinajstić information content (AvgIpc) is 2.49. The lowest BCUT2D eigenvalue weighted by Gasteiger charge is -1.94. The van der Waals surface area contributed by atoms with Gasteiger partial charge < -0.3 is 5.73 Å². The summed E-state index contributed by atoms with van der Waals surface area (Å²) in [5.41, 5.74) is 7.57. The molecule has 0 aliphatic heterocycles. The van der Waals surface area contributed by atoms with Gasteiger partial charge in [-0.15, -0.1) is 0 Å². The van der Waals surface area contributed by atoms with Gasteiger partial charge in [-0.1, -0.05) is 12.2 Å². The van der Waals surface area contributed by atoms with Crippen molar-refractivity contribution in [2.45, 2.75) is 0 Å². The molecule has 2 N–H and O–H groups in total. The van der Waals surface area contributed by atoms with Gasteiger partial charge in [-0.25, -0.2) is 4.63 Å². The highest BCUT2D eigenvalue weighted by Gasteiger charge is 2.02. The van der Waals surface area contributed by atoms with E-state index in [1.807, 2.05) is 0 Å². The third-order valence-corrected chi connectivity index (χ3v) is 1.77. The number of rotatable bonds is 1. The molecule has 0 bridgehead atoms. The first-order valence-electron chi connectivity index (χ1n) is 3.29. The highest BCUT2D eigenvalue weighted by molar-refractivity contribution is 7.80. The molecule has 0 saturated carbocycles. The molecule has 0 spiro atoms. The van der Waals surface area contributed by atoms with Crippen LogP contribution in [0.2, 0.25) is 0 Å². The van der Waals surface area contributed by atoms with Crippen molar-refractivity contribution in [2.24, 2.45) is 5.73 Å². The number of nitrogens with zero attached hydrogens (tertiary/aromatic N) is 2. The molecule has 0 atom stereocenters. The van der Waals surface area contributed by atoms with Crippen molar-refractivity contribution < 1.29 is 4.63 Å². The minimum Gasteiger partial charge on any atom is -0.389 e. The van der Waals surface area contributed by atoms with E-state index in [4.69, 9.17) is 18.0 Å². The Hall–Kier alpha value is -1.49. The fourth-order valence-electron chi connectivity index (χ4n) is 0.935. The van der Waals surface area contributed by atoms with Gasteiger partial charge in [-0.3, -0.25) is 0 Å².